The Morgan fingerprint density at radius 2 is 1.88 bits per heavy atom. The molecule has 0 aliphatic heterocycles. The summed E-state index contributed by atoms with van der Waals surface area (Å²) in [6, 6.07) is 14.6. The second kappa shape index (κ2) is 9.44. The Balaban J connectivity index is 1.82. The van der Waals surface area contributed by atoms with E-state index in [1.54, 1.807) is 32.4 Å². The first-order valence-corrected chi connectivity index (χ1v) is 7.91. The van der Waals surface area contributed by atoms with Crippen LogP contribution in [0.25, 0.3) is 0 Å². The zero-order valence-corrected chi connectivity index (χ0v) is 14.3. The number of aliphatic hydroxyl groups excluding tert-OH is 1. The van der Waals surface area contributed by atoms with E-state index in [1.807, 2.05) is 30.3 Å². The molecule has 0 aliphatic carbocycles. The van der Waals surface area contributed by atoms with Crippen LogP contribution < -0.4 is 14.9 Å². The first kappa shape index (κ1) is 18.5. The molecule has 0 heterocycles. The molecule has 1 atom stereocenters. The molecule has 2 aromatic rings. The Labute approximate surface area is 147 Å². The average molecular weight is 342 g/mol. The fraction of sp³-hybridized carbons (Fsp3) is 0.263. The van der Waals surface area contributed by atoms with E-state index in [0.717, 1.165) is 11.1 Å². The van der Waals surface area contributed by atoms with Crippen molar-refractivity contribution in [3.05, 3.63) is 59.7 Å². The maximum Gasteiger partial charge on any atom is 0.240 e. The summed E-state index contributed by atoms with van der Waals surface area (Å²) in [4.78, 5) is 11.8. The lowest BCUT2D eigenvalue weighted by Gasteiger charge is -2.09. The fourth-order valence-corrected chi connectivity index (χ4v) is 2.28. The van der Waals surface area contributed by atoms with Crippen molar-refractivity contribution in [1.29, 1.82) is 0 Å². The van der Waals surface area contributed by atoms with Crippen LogP contribution in [0, 0.1) is 0 Å². The molecular weight excluding hydrogens is 320 g/mol. The molecule has 1 amide bonds. The van der Waals surface area contributed by atoms with Gasteiger partial charge in [-0.15, -0.1) is 0 Å². The quantitative estimate of drug-likeness (QED) is 0.571. The molecule has 6 heteroatoms. The van der Waals surface area contributed by atoms with Crippen molar-refractivity contribution in [2.24, 2.45) is 5.10 Å². The van der Waals surface area contributed by atoms with Crippen molar-refractivity contribution in [3.63, 3.8) is 0 Å². The van der Waals surface area contributed by atoms with E-state index in [-0.39, 0.29) is 12.3 Å². The number of aliphatic hydroxyl groups is 1. The molecular formula is C19H22N2O4. The number of ether oxygens (including phenoxy) is 2. The van der Waals surface area contributed by atoms with Gasteiger partial charge in [-0.05, 0) is 35.7 Å². The lowest BCUT2D eigenvalue weighted by atomic mass is 10.1. The summed E-state index contributed by atoms with van der Waals surface area (Å²) in [6.07, 6.45) is 1.37. The molecule has 0 radical (unpaired) electrons. The lowest BCUT2D eigenvalue weighted by molar-refractivity contribution is -0.121. The molecule has 0 saturated carbocycles. The number of rotatable bonds is 8. The summed E-state index contributed by atoms with van der Waals surface area (Å²) in [5, 5.41) is 14.0. The van der Waals surface area contributed by atoms with Crippen LogP contribution >= 0.6 is 0 Å². The number of hydrogen-bond donors (Lipinski definition) is 2. The SMILES string of the molecule is COc1ccc(/C=N\NC(=O)CC[C@H](O)c2ccccc2)cc1OC. The van der Waals surface area contributed by atoms with Crippen LogP contribution in [-0.2, 0) is 4.79 Å². The van der Waals surface area contributed by atoms with Crippen LogP contribution in [0.3, 0.4) is 0 Å². The first-order chi connectivity index (χ1) is 12.1. The Hall–Kier alpha value is -2.86. The Bertz CT molecular complexity index is 717. The number of hydrazone groups is 1. The van der Waals surface area contributed by atoms with Gasteiger partial charge in [0.15, 0.2) is 11.5 Å². The number of hydrogen-bond acceptors (Lipinski definition) is 5. The highest BCUT2D eigenvalue weighted by Gasteiger charge is 2.09. The lowest BCUT2D eigenvalue weighted by Crippen LogP contribution is -2.18. The van der Waals surface area contributed by atoms with Crippen molar-refractivity contribution >= 4 is 12.1 Å². The van der Waals surface area contributed by atoms with Gasteiger partial charge in [0.05, 0.1) is 26.5 Å². The van der Waals surface area contributed by atoms with Gasteiger partial charge in [-0.2, -0.15) is 5.10 Å². The second-order valence-corrected chi connectivity index (χ2v) is 5.37. The van der Waals surface area contributed by atoms with Crippen LogP contribution in [0.4, 0.5) is 0 Å². The molecule has 0 aromatic heterocycles. The van der Waals surface area contributed by atoms with Crippen molar-refractivity contribution in [2.45, 2.75) is 18.9 Å². The minimum Gasteiger partial charge on any atom is -0.493 e. The van der Waals surface area contributed by atoms with Crippen LogP contribution in [0.1, 0.15) is 30.1 Å². The zero-order valence-electron chi connectivity index (χ0n) is 14.3. The predicted molar refractivity (Wildman–Crippen MR) is 95.9 cm³/mol. The van der Waals surface area contributed by atoms with Gasteiger partial charge in [-0.1, -0.05) is 30.3 Å². The van der Waals surface area contributed by atoms with E-state index in [1.165, 1.54) is 6.21 Å². The topological polar surface area (TPSA) is 80.2 Å². The predicted octanol–water partition coefficient (Wildman–Crippen LogP) is 2.67. The van der Waals surface area contributed by atoms with Crippen LogP contribution in [-0.4, -0.2) is 31.4 Å². The molecule has 0 fully saturated rings. The molecule has 0 saturated heterocycles. The molecule has 132 valence electrons. The average Bonchev–Trinajstić information content (AvgIpc) is 2.66. The highest BCUT2D eigenvalue weighted by atomic mass is 16.5. The number of nitrogens with zero attached hydrogens (tertiary/aromatic N) is 1. The van der Waals surface area contributed by atoms with E-state index in [0.29, 0.717) is 17.9 Å². The van der Waals surface area contributed by atoms with Crippen LogP contribution in [0.2, 0.25) is 0 Å². The molecule has 0 aliphatic rings. The standard InChI is InChI=1S/C19H22N2O4/c1-24-17-10-8-14(12-18(17)25-2)13-20-21-19(23)11-9-16(22)15-6-4-3-5-7-15/h3-8,10,12-13,16,22H,9,11H2,1-2H3,(H,21,23)/b20-13-/t16-/m0/s1. The van der Waals surface area contributed by atoms with Crippen LogP contribution in [0.15, 0.2) is 53.6 Å². The summed E-state index contributed by atoms with van der Waals surface area (Å²) in [5.74, 6) is 0.953. The number of benzene rings is 2. The zero-order chi connectivity index (χ0) is 18.1. The van der Waals surface area contributed by atoms with E-state index in [2.05, 4.69) is 10.5 Å². The molecule has 6 nitrogen and oxygen atoms in total. The number of carbonyl (C=O) groups is 1. The number of nitrogens with one attached hydrogen (secondary N) is 1. The van der Waals surface area contributed by atoms with Crippen LogP contribution in [0.5, 0.6) is 11.5 Å². The summed E-state index contributed by atoms with van der Waals surface area (Å²) in [7, 11) is 3.12. The highest BCUT2D eigenvalue weighted by molar-refractivity contribution is 5.83. The van der Waals surface area contributed by atoms with E-state index < -0.39 is 6.10 Å². The third-order valence-electron chi connectivity index (χ3n) is 3.64. The molecule has 2 N–H and O–H groups in total. The largest absolute Gasteiger partial charge is 0.493 e. The van der Waals surface area contributed by atoms with E-state index in [9.17, 15) is 9.90 Å². The fourth-order valence-electron chi connectivity index (χ4n) is 2.28. The number of carbonyl (C=O) groups excluding carboxylic acids is 1. The minimum atomic E-state index is -0.665. The third kappa shape index (κ3) is 5.61. The normalized spacial score (nSPS) is 12.0. The van der Waals surface area contributed by atoms with Crippen molar-refractivity contribution in [3.8, 4) is 11.5 Å². The van der Waals surface area contributed by atoms with Crippen molar-refractivity contribution < 1.29 is 19.4 Å². The van der Waals surface area contributed by atoms with E-state index in [4.69, 9.17) is 9.47 Å². The van der Waals surface area contributed by atoms with Crippen molar-refractivity contribution in [2.75, 3.05) is 14.2 Å². The molecule has 25 heavy (non-hydrogen) atoms. The molecule has 0 unspecified atom stereocenters. The Morgan fingerprint density at radius 3 is 2.56 bits per heavy atom. The van der Waals surface area contributed by atoms with Gasteiger partial charge in [-0.25, -0.2) is 5.43 Å². The summed E-state index contributed by atoms with van der Waals surface area (Å²) < 4.78 is 10.4. The first-order valence-electron chi connectivity index (χ1n) is 7.91. The van der Waals surface area contributed by atoms with Gasteiger partial charge in [-0.3, -0.25) is 4.79 Å². The second-order valence-electron chi connectivity index (χ2n) is 5.37. The van der Waals surface area contributed by atoms with Crippen molar-refractivity contribution in [1.82, 2.24) is 5.43 Å². The monoisotopic (exact) mass is 342 g/mol. The van der Waals surface area contributed by atoms with Gasteiger partial charge >= 0.3 is 0 Å². The van der Waals surface area contributed by atoms with E-state index >= 15 is 0 Å². The summed E-state index contributed by atoms with van der Waals surface area (Å²) in [6.45, 7) is 0. The maximum atomic E-state index is 11.8. The highest BCUT2D eigenvalue weighted by Crippen LogP contribution is 2.26. The Morgan fingerprint density at radius 1 is 1.16 bits per heavy atom. The summed E-state index contributed by atoms with van der Waals surface area (Å²) >= 11 is 0. The molecule has 0 spiro atoms. The minimum absolute atomic E-state index is 0.180. The van der Waals surface area contributed by atoms with Gasteiger partial charge in [0.25, 0.3) is 0 Å². The van der Waals surface area contributed by atoms with Gasteiger partial charge in [0.2, 0.25) is 5.91 Å². The number of methoxy groups -OCH3 is 2. The molecule has 0 bridgehead atoms. The summed E-state index contributed by atoms with van der Waals surface area (Å²) in [5.41, 5.74) is 4.01. The molecule has 2 rings (SSSR count). The number of amides is 1. The smallest absolute Gasteiger partial charge is 0.240 e. The third-order valence-corrected chi connectivity index (χ3v) is 3.64. The van der Waals surface area contributed by atoms with Gasteiger partial charge in [0.1, 0.15) is 0 Å². The van der Waals surface area contributed by atoms with Gasteiger partial charge in [0, 0.05) is 6.42 Å². The molecule has 2 aromatic carbocycles. The Kier molecular flexibility index (Phi) is 6.98. The maximum absolute atomic E-state index is 11.8. The van der Waals surface area contributed by atoms with Gasteiger partial charge < -0.3 is 14.6 Å².